The van der Waals surface area contributed by atoms with Gasteiger partial charge in [0.1, 0.15) is 0 Å². The van der Waals surface area contributed by atoms with Gasteiger partial charge in [-0.05, 0) is 35.7 Å². The number of aliphatic carboxylic acids is 1. The van der Waals surface area contributed by atoms with E-state index in [9.17, 15) is 14.4 Å². The molecule has 2 N–H and O–H groups in total. The van der Waals surface area contributed by atoms with Gasteiger partial charge in [-0.3, -0.25) is 14.4 Å². The Balaban J connectivity index is 1.47. The summed E-state index contributed by atoms with van der Waals surface area (Å²) in [5, 5.41) is 13.8. The number of piperidine rings is 1. The zero-order chi connectivity index (χ0) is 18.5. The molecule has 1 fully saturated rings. The summed E-state index contributed by atoms with van der Waals surface area (Å²) in [6.45, 7) is 1.20. The summed E-state index contributed by atoms with van der Waals surface area (Å²) in [7, 11) is 0. The standard InChI is InChI=1S/C20H22N2O4/c23-18(22-11-8-15(9-12-22)20(25)26)7-10-21-19(24)17-6-5-14-3-1-2-4-16(14)13-17/h1-6,13,15H,7-12H2,(H,21,24)(H,25,26). The molecule has 0 aliphatic carbocycles. The second kappa shape index (κ2) is 7.99. The number of carboxylic acid groups (broad SMARTS) is 1. The number of rotatable bonds is 5. The minimum absolute atomic E-state index is 0.0485. The highest BCUT2D eigenvalue weighted by Gasteiger charge is 2.26. The Labute approximate surface area is 151 Å². The van der Waals surface area contributed by atoms with Crippen LogP contribution in [0, 0.1) is 5.92 Å². The van der Waals surface area contributed by atoms with Gasteiger partial charge in [-0.15, -0.1) is 0 Å². The Morgan fingerprint density at radius 2 is 1.73 bits per heavy atom. The predicted molar refractivity (Wildman–Crippen MR) is 97.8 cm³/mol. The first kappa shape index (κ1) is 17.9. The van der Waals surface area contributed by atoms with Crippen LogP contribution in [0.4, 0.5) is 0 Å². The molecule has 0 spiro atoms. The lowest BCUT2D eigenvalue weighted by Gasteiger charge is -2.30. The summed E-state index contributed by atoms with van der Waals surface area (Å²) in [4.78, 5) is 37.1. The summed E-state index contributed by atoms with van der Waals surface area (Å²) in [6, 6.07) is 13.3. The summed E-state index contributed by atoms with van der Waals surface area (Å²) in [5.74, 6) is -1.40. The number of nitrogens with zero attached hydrogens (tertiary/aromatic N) is 1. The average molecular weight is 354 g/mol. The quantitative estimate of drug-likeness (QED) is 0.862. The van der Waals surface area contributed by atoms with Crippen molar-refractivity contribution in [3.8, 4) is 0 Å². The largest absolute Gasteiger partial charge is 0.481 e. The Kier molecular flexibility index (Phi) is 5.51. The van der Waals surface area contributed by atoms with Crippen molar-refractivity contribution in [3.05, 3.63) is 48.0 Å². The summed E-state index contributed by atoms with van der Waals surface area (Å²) < 4.78 is 0. The van der Waals surface area contributed by atoms with E-state index < -0.39 is 5.97 Å². The Morgan fingerprint density at radius 1 is 1.04 bits per heavy atom. The summed E-state index contributed by atoms with van der Waals surface area (Å²) in [6.07, 6.45) is 1.20. The molecule has 136 valence electrons. The maximum absolute atomic E-state index is 12.3. The first-order valence-electron chi connectivity index (χ1n) is 8.82. The van der Waals surface area contributed by atoms with Gasteiger partial charge in [0.2, 0.25) is 5.91 Å². The number of hydrogen-bond donors (Lipinski definition) is 2. The van der Waals surface area contributed by atoms with Crippen LogP contribution in [0.2, 0.25) is 0 Å². The number of benzene rings is 2. The van der Waals surface area contributed by atoms with E-state index >= 15 is 0 Å². The van der Waals surface area contributed by atoms with Crippen LogP contribution in [-0.4, -0.2) is 47.4 Å². The molecule has 1 saturated heterocycles. The molecule has 1 aliphatic rings. The molecule has 6 heteroatoms. The summed E-state index contributed by atoms with van der Waals surface area (Å²) in [5.41, 5.74) is 0.568. The van der Waals surface area contributed by atoms with Gasteiger partial charge in [0.25, 0.3) is 5.91 Å². The molecule has 2 amide bonds. The number of carboxylic acids is 1. The molecule has 3 rings (SSSR count). The van der Waals surface area contributed by atoms with Crippen molar-refractivity contribution in [1.82, 2.24) is 10.2 Å². The number of fused-ring (bicyclic) bond motifs is 1. The van der Waals surface area contributed by atoms with Gasteiger partial charge >= 0.3 is 5.97 Å². The van der Waals surface area contributed by atoms with E-state index in [-0.39, 0.29) is 30.7 Å². The maximum atomic E-state index is 12.3. The number of amides is 2. The van der Waals surface area contributed by atoms with E-state index in [4.69, 9.17) is 5.11 Å². The molecule has 2 aromatic carbocycles. The van der Waals surface area contributed by atoms with Crippen LogP contribution in [0.1, 0.15) is 29.6 Å². The van der Waals surface area contributed by atoms with E-state index in [2.05, 4.69) is 5.32 Å². The minimum atomic E-state index is -0.792. The highest BCUT2D eigenvalue weighted by Crippen LogP contribution is 2.18. The normalized spacial score (nSPS) is 15.0. The number of carbonyl (C=O) groups is 3. The van der Waals surface area contributed by atoms with Crippen molar-refractivity contribution in [1.29, 1.82) is 0 Å². The molecular formula is C20H22N2O4. The van der Waals surface area contributed by atoms with Crippen molar-refractivity contribution < 1.29 is 19.5 Å². The Bertz CT molecular complexity index is 825. The first-order valence-corrected chi connectivity index (χ1v) is 8.82. The average Bonchev–Trinajstić information content (AvgIpc) is 2.67. The predicted octanol–water partition coefficient (Wildman–Crippen LogP) is 2.28. The maximum Gasteiger partial charge on any atom is 0.306 e. The van der Waals surface area contributed by atoms with Gasteiger partial charge < -0.3 is 15.3 Å². The zero-order valence-electron chi connectivity index (χ0n) is 14.5. The smallest absolute Gasteiger partial charge is 0.306 e. The first-order chi connectivity index (χ1) is 12.5. The van der Waals surface area contributed by atoms with E-state index in [1.54, 1.807) is 11.0 Å². The number of carbonyl (C=O) groups excluding carboxylic acids is 2. The van der Waals surface area contributed by atoms with Gasteiger partial charge in [-0.1, -0.05) is 30.3 Å². The van der Waals surface area contributed by atoms with Gasteiger partial charge in [-0.2, -0.15) is 0 Å². The van der Waals surface area contributed by atoms with Crippen LogP contribution >= 0.6 is 0 Å². The molecular weight excluding hydrogens is 332 g/mol. The third-order valence-corrected chi connectivity index (χ3v) is 4.83. The van der Waals surface area contributed by atoms with Gasteiger partial charge in [-0.25, -0.2) is 0 Å². The Hall–Kier alpha value is -2.89. The zero-order valence-corrected chi connectivity index (χ0v) is 14.5. The lowest BCUT2D eigenvalue weighted by atomic mass is 9.97. The van der Waals surface area contributed by atoms with Gasteiger partial charge in [0.15, 0.2) is 0 Å². The molecule has 26 heavy (non-hydrogen) atoms. The van der Waals surface area contributed by atoms with Crippen LogP contribution in [0.3, 0.4) is 0 Å². The highest BCUT2D eigenvalue weighted by molar-refractivity contribution is 5.98. The monoisotopic (exact) mass is 354 g/mol. The molecule has 0 bridgehead atoms. The van der Waals surface area contributed by atoms with E-state index in [0.717, 1.165) is 10.8 Å². The van der Waals surface area contributed by atoms with Crippen LogP contribution < -0.4 is 5.32 Å². The van der Waals surface area contributed by atoms with Crippen molar-refractivity contribution in [2.24, 2.45) is 5.92 Å². The molecule has 0 saturated carbocycles. The fourth-order valence-electron chi connectivity index (χ4n) is 3.25. The van der Waals surface area contributed by atoms with E-state index in [1.807, 2.05) is 36.4 Å². The second-order valence-electron chi connectivity index (χ2n) is 6.56. The highest BCUT2D eigenvalue weighted by atomic mass is 16.4. The van der Waals surface area contributed by atoms with Crippen LogP contribution in [-0.2, 0) is 9.59 Å². The Morgan fingerprint density at radius 3 is 2.42 bits per heavy atom. The number of likely N-dealkylation sites (tertiary alicyclic amines) is 1. The van der Waals surface area contributed by atoms with Crippen molar-refractivity contribution in [2.45, 2.75) is 19.3 Å². The second-order valence-corrected chi connectivity index (χ2v) is 6.56. The fraction of sp³-hybridized carbons (Fsp3) is 0.350. The topological polar surface area (TPSA) is 86.7 Å². The molecule has 6 nitrogen and oxygen atoms in total. The molecule has 0 radical (unpaired) electrons. The lowest BCUT2D eigenvalue weighted by molar-refractivity contribution is -0.145. The third-order valence-electron chi connectivity index (χ3n) is 4.83. The fourth-order valence-corrected chi connectivity index (χ4v) is 3.25. The molecule has 1 heterocycles. The minimum Gasteiger partial charge on any atom is -0.481 e. The van der Waals surface area contributed by atoms with Crippen LogP contribution in [0.15, 0.2) is 42.5 Å². The van der Waals surface area contributed by atoms with Gasteiger partial charge in [0.05, 0.1) is 5.92 Å². The van der Waals surface area contributed by atoms with Crippen molar-refractivity contribution in [2.75, 3.05) is 19.6 Å². The molecule has 0 atom stereocenters. The lowest BCUT2D eigenvalue weighted by Crippen LogP contribution is -2.41. The SMILES string of the molecule is O=C(NCCC(=O)N1CCC(C(=O)O)CC1)c1ccc2ccccc2c1. The molecule has 2 aromatic rings. The third kappa shape index (κ3) is 4.20. The van der Waals surface area contributed by atoms with Gasteiger partial charge in [0, 0.05) is 31.6 Å². The van der Waals surface area contributed by atoms with Crippen LogP contribution in [0.5, 0.6) is 0 Å². The molecule has 0 unspecified atom stereocenters. The van der Waals surface area contributed by atoms with Crippen molar-refractivity contribution in [3.63, 3.8) is 0 Å². The summed E-state index contributed by atoms with van der Waals surface area (Å²) >= 11 is 0. The molecule has 1 aliphatic heterocycles. The number of hydrogen-bond acceptors (Lipinski definition) is 3. The number of nitrogens with one attached hydrogen (secondary N) is 1. The van der Waals surface area contributed by atoms with E-state index in [1.165, 1.54) is 0 Å². The van der Waals surface area contributed by atoms with E-state index in [0.29, 0.717) is 31.5 Å². The molecule has 0 aromatic heterocycles. The van der Waals surface area contributed by atoms with Crippen LogP contribution in [0.25, 0.3) is 10.8 Å². The van der Waals surface area contributed by atoms with Crippen molar-refractivity contribution >= 4 is 28.6 Å².